The van der Waals surface area contributed by atoms with E-state index in [0.29, 0.717) is 23.3 Å². The summed E-state index contributed by atoms with van der Waals surface area (Å²) < 4.78 is 28.1. The van der Waals surface area contributed by atoms with Gasteiger partial charge in [-0.3, -0.25) is 4.90 Å². The van der Waals surface area contributed by atoms with E-state index < -0.39 is 9.84 Å². The largest absolute Gasteiger partial charge is 0.481 e. The predicted molar refractivity (Wildman–Crippen MR) is 88.6 cm³/mol. The fraction of sp³-hybridized carbons (Fsp3) is 0.733. The van der Waals surface area contributed by atoms with Gasteiger partial charge >= 0.3 is 0 Å². The molecule has 0 saturated carbocycles. The summed E-state index contributed by atoms with van der Waals surface area (Å²) >= 11 is 0. The lowest BCUT2D eigenvalue weighted by molar-refractivity contribution is 0.210. The van der Waals surface area contributed by atoms with Gasteiger partial charge in [-0.25, -0.2) is 18.4 Å². The number of ether oxygens (including phenoxy) is 1. The van der Waals surface area contributed by atoms with Gasteiger partial charge in [0, 0.05) is 38.8 Å². The van der Waals surface area contributed by atoms with Gasteiger partial charge in [0.25, 0.3) is 0 Å². The van der Waals surface area contributed by atoms with E-state index in [1.165, 1.54) is 6.33 Å². The molecule has 2 aliphatic heterocycles. The molecular weight excluding hydrogens is 316 g/mol. The summed E-state index contributed by atoms with van der Waals surface area (Å²) in [5, 5.41) is 0. The Morgan fingerprint density at radius 3 is 2.52 bits per heavy atom. The number of sulfone groups is 1. The van der Waals surface area contributed by atoms with Crippen molar-refractivity contribution in [1.29, 1.82) is 0 Å². The molecule has 3 heterocycles. The minimum atomic E-state index is -2.76. The average Bonchev–Trinajstić information content (AvgIpc) is 2.57. The SMILES string of the molecule is COc1cc(N2CCN(CC3CCS(=O)(=O)CC3)CC2)ncn1. The van der Waals surface area contributed by atoms with Crippen molar-refractivity contribution in [3.8, 4) is 5.88 Å². The number of methoxy groups -OCH3 is 1. The molecule has 0 unspecified atom stereocenters. The average molecular weight is 340 g/mol. The molecule has 7 nitrogen and oxygen atoms in total. The number of rotatable bonds is 4. The van der Waals surface area contributed by atoms with Gasteiger partial charge in [-0.05, 0) is 18.8 Å². The van der Waals surface area contributed by atoms with E-state index >= 15 is 0 Å². The molecule has 3 rings (SSSR count). The molecule has 0 atom stereocenters. The van der Waals surface area contributed by atoms with Crippen LogP contribution in [-0.2, 0) is 9.84 Å². The molecule has 0 amide bonds. The van der Waals surface area contributed by atoms with Gasteiger partial charge < -0.3 is 9.64 Å². The van der Waals surface area contributed by atoms with E-state index in [4.69, 9.17) is 4.74 Å². The summed E-state index contributed by atoms with van der Waals surface area (Å²) in [6.45, 7) is 4.82. The summed E-state index contributed by atoms with van der Waals surface area (Å²) in [4.78, 5) is 13.0. The van der Waals surface area contributed by atoms with Crippen LogP contribution in [0, 0.1) is 5.92 Å². The molecule has 0 aromatic carbocycles. The van der Waals surface area contributed by atoms with E-state index in [0.717, 1.165) is 51.4 Å². The quantitative estimate of drug-likeness (QED) is 0.787. The third-order valence-corrected chi connectivity index (χ3v) is 6.44. The Kier molecular flexibility index (Phi) is 5.01. The fourth-order valence-corrected chi connectivity index (χ4v) is 4.85. The zero-order valence-corrected chi connectivity index (χ0v) is 14.3. The zero-order valence-electron chi connectivity index (χ0n) is 13.5. The first-order valence-electron chi connectivity index (χ1n) is 8.09. The van der Waals surface area contributed by atoms with E-state index in [2.05, 4.69) is 19.8 Å². The Hall–Kier alpha value is -1.41. The number of hydrogen-bond acceptors (Lipinski definition) is 7. The van der Waals surface area contributed by atoms with Crippen LogP contribution in [0.5, 0.6) is 5.88 Å². The van der Waals surface area contributed by atoms with Crippen LogP contribution < -0.4 is 9.64 Å². The lowest BCUT2D eigenvalue weighted by atomic mass is 10.0. The molecule has 2 aliphatic rings. The van der Waals surface area contributed by atoms with Crippen molar-refractivity contribution in [1.82, 2.24) is 14.9 Å². The normalized spacial score (nSPS) is 22.9. The van der Waals surface area contributed by atoms with Gasteiger partial charge in [-0.15, -0.1) is 0 Å². The molecule has 1 aromatic heterocycles. The maximum atomic E-state index is 11.5. The third kappa shape index (κ3) is 4.32. The molecule has 128 valence electrons. The van der Waals surface area contributed by atoms with Crippen molar-refractivity contribution in [2.75, 3.05) is 56.2 Å². The van der Waals surface area contributed by atoms with Crippen LogP contribution in [0.25, 0.3) is 0 Å². The molecule has 0 aliphatic carbocycles. The molecule has 0 spiro atoms. The Balaban J connectivity index is 1.48. The van der Waals surface area contributed by atoms with Crippen LogP contribution in [0.2, 0.25) is 0 Å². The van der Waals surface area contributed by atoms with E-state index in [-0.39, 0.29) is 0 Å². The molecule has 23 heavy (non-hydrogen) atoms. The van der Waals surface area contributed by atoms with Gasteiger partial charge in [0.15, 0.2) is 0 Å². The van der Waals surface area contributed by atoms with Crippen LogP contribution in [0.15, 0.2) is 12.4 Å². The summed E-state index contributed by atoms with van der Waals surface area (Å²) in [6.07, 6.45) is 3.15. The number of anilines is 1. The molecule has 0 N–H and O–H groups in total. The van der Waals surface area contributed by atoms with Gasteiger partial charge in [0.05, 0.1) is 18.6 Å². The summed E-state index contributed by atoms with van der Waals surface area (Å²) in [5.74, 6) is 2.72. The maximum absolute atomic E-state index is 11.5. The van der Waals surface area contributed by atoms with Crippen LogP contribution in [-0.4, -0.2) is 74.6 Å². The Morgan fingerprint density at radius 1 is 1.17 bits per heavy atom. The fourth-order valence-electron chi connectivity index (χ4n) is 3.26. The number of hydrogen-bond donors (Lipinski definition) is 0. The minimum Gasteiger partial charge on any atom is -0.481 e. The van der Waals surface area contributed by atoms with Crippen molar-refractivity contribution < 1.29 is 13.2 Å². The van der Waals surface area contributed by atoms with Crippen LogP contribution >= 0.6 is 0 Å². The molecule has 8 heteroatoms. The highest BCUT2D eigenvalue weighted by Gasteiger charge is 2.26. The first kappa shape index (κ1) is 16.4. The monoisotopic (exact) mass is 340 g/mol. The lowest BCUT2D eigenvalue weighted by Crippen LogP contribution is -2.48. The first-order valence-corrected chi connectivity index (χ1v) is 9.91. The standard InChI is InChI=1S/C15H24N4O3S/c1-22-15-10-14(16-12-17-15)19-6-4-18(5-7-19)11-13-2-8-23(20,21)9-3-13/h10,12-13H,2-9,11H2,1H3. The summed E-state index contributed by atoms with van der Waals surface area (Å²) in [7, 11) is -1.16. The Bertz CT molecular complexity index is 615. The smallest absolute Gasteiger partial charge is 0.218 e. The molecule has 0 radical (unpaired) electrons. The molecule has 0 bridgehead atoms. The van der Waals surface area contributed by atoms with Gasteiger partial charge in [0.1, 0.15) is 22.0 Å². The van der Waals surface area contributed by atoms with Crippen LogP contribution in [0.3, 0.4) is 0 Å². The summed E-state index contributed by atoms with van der Waals surface area (Å²) in [6, 6.07) is 1.86. The second kappa shape index (κ2) is 7.00. The molecule has 2 saturated heterocycles. The zero-order chi connectivity index (χ0) is 16.3. The maximum Gasteiger partial charge on any atom is 0.218 e. The Labute approximate surface area is 137 Å². The minimum absolute atomic E-state index is 0.359. The van der Waals surface area contributed by atoms with Crippen LogP contribution in [0.1, 0.15) is 12.8 Å². The highest BCUT2D eigenvalue weighted by Crippen LogP contribution is 2.22. The van der Waals surface area contributed by atoms with E-state index in [1.807, 2.05) is 6.07 Å². The molecule has 2 fully saturated rings. The van der Waals surface area contributed by atoms with Crippen molar-refractivity contribution in [3.63, 3.8) is 0 Å². The highest BCUT2D eigenvalue weighted by molar-refractivity contribution is 7.91. The third-order valence-electron chi connectivity index (χ3n) is 4.72. The predicted octanol–water partition coefficient (Wildman–Crippen LogP) is 0.432. The van der Waals surface area contributed by atoms with Crippen molar-refractivity contribution in [2.24, 2.45) is 5.92 Å². The number of nitrogens with zero attached hydrogens (tertiary/aromatic N) is 4. The molecular formula is C15H24N4O3S. The van der Waals surface area contributed by atoms with Crippen molar-refractivity contribution in [3.05, 3.63) is 12.4 Å². The second-order valence-electron chi connectivity index (χ2n) is 6.30. The van der Waals surface area contributed by atoms with Gasteiger partial charge in [-0.2, -0.15) is 0 Å². The van der Waals surface area contributed by atoms with Gasteiger partial charge in [-0.1, -0.05) is 0 Å². The second-order valence-corrected chi connectivity index (χ2v) is 8.61. The molecule has 1 aromatic rings. The number of aromatic nitrogens is 2. The van der Waals surface area contributed by atoms with E-state index in [9.17, 15) is 8.42 Å². The van der Waals surface area contributed by atoms with Crippen LogP contribution in [0.4, 0.5) is 5.82 Å². The van der Waals surface area contributed by atoms with Gasteiger partial charge in [0.2, 0.25) is 5.88 Å². The Morgan fingerprint density at radius 2 is 1.87 bits per heavy atom. The highest BCUT2D eigenvalue weighted by atomic mass is 32.2. The number of piperazine rings is 1. The topological polar surface area (TPSA) is 75.6 Å². The van der Waals surface area contributed by atoms with Crippen molar-refractivity contribution >= 4 is 15.7 Å². The lowest BCUT2D eigenvalue weighted by Gasteiger charge is -2.37. The van der Waals surface area contributed by atoms with Crippen molar-refractivity contribution in [2.45, 2.75) is 12.8 Å². The summed E-state index contributed by atoms with van der Waals surface area (Å²) in [5.41, 5.74) is 0. The van der Waals surface area contributed by atoms with E-state index in [1.54, 1.807) is 7.11 Å². The first-order chi connectivity index (χ1) is 11.1.